The number of nitriles is 2. The molecule has 4 heteroatoms. The highest BCUT2D eigenvalue weighted by Crippen LogP contribution is 2.50. The standard InChI is InChI=1S/C44H30N4/c45-31-33-17-13-15-27-39(33)41-29-42(40-28-16-14-18-34(40)32-46)44(48(37-23-9-3-10-24-37)38-25-11-4-12-26-38)30-43(41)47(35-19-5-1-6-20-35)36-21-7-2-8-22-36/h1-30H. The average molecular weight is 615 g/mol. The van der Waals surface area contributed by atoms with Gasteiger partial charge in [0.15, 0.2) is 0 Å². The van der Waals surface area contributed by atoms with Crippen LogP contribution in [0.5, 0.6) is 0 Å². The van der Waals surface area contributed by atoms with Gasteiger partial charge in [0.05, 0.1) is 34.6 Å². The quantitative estimate of drug-likeness (QED) is 0.171. The van der Waals surface area contributed by atoms with Crippen molar-refractivity contribution in [3.05, 3.63) is 193 Å². The van der Waals surface area contributed by atoms with Crippen LogP contribution in [-0.4, -0.2) is 0 Å². The van der Waals surface area contributed by atoms with Gasteiger partial charge in [-0.2, -0.15) is 10.5 Å². The van der Waals surface area contributed by atoms with Crippen molar-refractivity contribution in [3.63, 3.8) is 0 Å². The highest BCUT2D eigenvalue weighted by Gasteiger charge is 2.26. The van der Waals surface area contributed by atoms with Gasteiger partial charge in [-0.15, -0.1) is 0 Å². The minimum absolute atomic E-state index is 0.565. The summed E-state index contributed by atoms with van der Waals surface area (Å²) >= 11 is 0. The second kappa shape index (κ2) is 13.6. The molecule has 0 aliphatic rings. The summed E-state index contributed by atoms with van der Waals surface area (Å²) in [5.74, 6) is 0. The van der Waals surface area contributed by atoms with Crippen molar-refractivity contribution in [2.75, 3.05) is 9.80 Å². The molecule has 0 aliphatic heterocycles. The van der Waals surface area contributed by atoms with E-state index >= 15 is 0 Å². The summed E-state index contributed by atoms with van der Waals surface area (Å²) in [7, 11) is 0. The lowest BCUT2D eigenvalue weighted by molar-refractivity contribution is 1.25. The Bertz CT molecular complexity index is 2010. The maximum Gasteiger partial charge on any atom is 0.0998 e. The lowest BCUT2D eigenvalue weighted by atomic mass is 9.90. The number of hydrogen-bond donors (Lipinski definition) is 0. The molecule has 0 amide bonds. The van der Waals surface area contributed by atoms with Gasteiger partial charge in [-0.05, 0) is 72.8 Å². The van der Waals surface area contributed by atoms with E-state index < -0.39 is 0 Å². The number of nitrogens with zero attached hydrogens (tertiary/aromatic N) is 4. The fraction of sp³-hybridized carbons (Fsp3) is 0. The molecule has 4 nitrogen and oxygen atoms in total. The van der Waals surface area contributed by atoms with Crippen LogP contribution in [0, 0.1) is 22.7 Å². The van der Waals surface area contributed by atoms with Crippen molar-refractivity contribution in [1.29, 1.82) is 10.5 Å². The molecule has 0 aliphatic carbocycles. The molecule has 0 heterocycles. The maximum atomic E-state index is 10.3. The van der Waals surface area contributed by atoms with E-state index in [9.17, 15) is 10.5 Å². The summed E-state index contributed by atoms with van der Waals surface area (Å²) in [6.45, 7) is 0. The minimum atomic E-state index is 0.565. The van der Waals surface area contributed by atoms with Gasteiger partial charge in [0.1, 0.15) is 0 Å². The van der Waals surface area contributed by atoms with E-state index in [2.05, 4.69) is 82.6 Å². The van der Waals surface area contributed by atoms with E-state index in [-0.39, 0.29) is 0 Å². The minimum Gasteiger partial charge on any atom is -0.310 e. The molecular weight excluding hydrogens is 585 g/mol. The van der Waals surface area contributed by atoms with Crippen LogP contribution < -0.4 is 9.80 Å². The second-order valence-electron chi connectivity index (χ2n) is 11.2. The van der Waals surface area contributed by atoms with Crippen LogP contribution in [0.25, 0.3) is 22.3 Å². The number of para-hydroxylation sites is 4. The predicted molar refractivity (Wildman–Crippen MR) is 196 cm³/mol. The summed E-state index contributed by atoms with van der Waals surface area (Å²) in [4.78, 5) is 4.47. The second-order valence-corrected chi connectivity index (χ2v) is 11.2. The van der Waals surface area contributed by atoms with E-state index in [1.807, 2.05) is 121 Å². The Morgan fingerprint density at radius 2 is 0.604 bits per heavy atom. The summed E-state index contributed by atoms with van der Waals surface area (Å²) in [5, 5.41) is 20.7. The highest BCUT2D eigenvalue weighted by molar-refractivity contribution is 6.00. The molecule has 226 valence electrons. The molecule has 0 bridgehead atoms. The smallest absolute Gasteiger partial charge is 0.0998 e. The zero-order valence-corrected chi connectivity index (χ0v) is 26.1. The van der Waals surface area contributed by atoms with E-state index in [1.165, 1.54) is 0 Å². The largest absolute Gasteiger partial charge is 0.310 e. The summed E-state index contributed by atoms with van der Waals surface area (Å²) in [5.41, 5.74) is 10.1. The Morgan fingerprint density at radius 1 is 0.312 bits per heavy atom. The molecular formula is C44H30N4. The topological polar surface area (TPSA) is 54.1 Å². The molecule has 7 aromatic rings. The van der Waals surface area contributed by atoms with Crippen molar-refractivity contribution in [2.24, 2.45) is 0 Å². The normalized spacial score (nSPS) is 10.5. The third-order valence-electron chi connectivity index (χ3n) is 8.33. The zero-order chi connectivity index (χ0) is 32.7. The fourth-order valence-electron chi connectivity index (χ4n) is 6.17. The number of anilines is 6. The van der Waals surface area contributed by atoms with Crippen LogP contribution in [0.1, 0.15) is 11.1 Å². The van der Waals surface area contributed by atoms with Gasteiger partial charge in [0.2, 0.25) is 0 Å². The molecule has 0 radical (unpaired) electrons. The van der Waals surface area contributed by atoms with Crippen LogP contribution in [0.15, 0.2) is 182 Å². The van der Waals surface area contributed by atoms with Crippen LogP contribution in [-0.2, 0) is 0 Å². The fourth-order valence-corrected chi connectivity index (χ4v) is 6.17. The first-order valence-electron chi connectivity index (χ1n) is 15.7. The number of benzene rings is 7. The third kappa shape index (κ3) is 5.79. The molecule has 0 aromatic heterocycles. The first-order chi connectivity index (χ1) is 23.8. The lowest BCUT2D eigenvalue weighted by Gasteiger charge is -2.33. The molecule has 7 rings (SSSR count). The van der Waals surface area contributed by atoms with Crippen molar-refractivity contribution in [2.45, 2.75) is 0 Å². The Hall–Kier alpha value is -6.88. The zero-order valence-electron chi connectivity index (χ0n) is 26.1. The number of rotatable bonds is 8. The van der Waals surface area contributed by atoms with E-state index in [1.54, 1.807) is 0 Å². The van der Waals surface area contributed by atoms with Crippen molar-refractivity contribution in [1.82, 2.24) is 0 Å². The molecule has 0 fully saturated rings. The maximum absolute atomic E-state index is 10.3. The Labute approximate surface area is 281 Å². The van der Waals surface area contributed by atoms with Gasteiger partial charge >= 0.3 is 0 Å². The van der Waals surface area contributed by atoms with Gasteiger partial charge in [-0.1, -0.05) is 109 Å². The van der Waals surface area contributed by atoms with Crippen LogP contribution in [0.4, 0.5) is 34.1 Å². The Kier molecular flexibility index (Phi) is 8.46. The number of hydrogen-bond acceptors (Lipinski definition) is 4. The van der Waals surface area contributed by atoms with Crippen molar-refractivity contribution in [3.8, 4) is 34.4 Å². The average Bonchev–Trinajstić information content (AvgIpc) is 3.17. The molecule has 0 unspecified atom stereocenters. The van der Waals surface area contributed by atoms with Crippen LogP contribution in [0.3, 0.4) is 0 Å². The van der Waals surface area contributed by atoms with E-state index in [4.69, 9.17) is 0 Å². The van der Waals surface area contributed by atoms with E-state index in [0.717, 1.165) is 56.4 Å². The summed E-state index contributed by atoms with van der Waals surface area (Å²) in [6, 6.07) is 65.7. The first kappa shape index (κ1) is 29.8. The highest BCUT2D eigenvalue weighted by atomic mass is 15.2. The SMILES string of the molecule is N#Cc1ccccc1-c1cc(-c2ccccc2C#N)c(N(c2ccccc2)c2ccccc2)cc1N(c1ccccc1)c1ccccc1. The summed E-state index contributed by atoms with van der Waals surface area (Å²) < 4.78 is 0. The molecule has 0 N–H and O–H groups in total. The predicted octanol–water partition coefficient (Wildman–Crippen LogP) is 11.7. The molecule has 48 heavy (non-hydrogen) atoms. The Morgan fingerprint density at radius 3 is 0.917 bits per heavy atom. The molecule has 0 spiro atoms. The van der Waals surface area contributed by atoms with Gasteiger partial charge in [-0.25, -0.2) is 0 Å². The van der Waals surface area contributed by atoms with E-state index in [0.29, 0.717) is 11.1 Å². The summed E-state index contributed by atoms with van der Waals surface area (Å²) in [6.07, 6.45) is 0. The molecule has 0 saturated carbocycles. The van der Waals surface area contributed by atoms with Crippen LogP contribution in [0.2, 0.25) is 0 Å². The monoisotopic (exact) mass is 614 g/mol. The molecule has 7 aromatic carbocycles. The van der Waals surface area contributed by atoms with Gasteiger partial charge < -0.3 is 9.80 Å². The molecule has 0 saturated heterocycles. The molecule has 0 atom stereocenters. The lowest BCUT2D eigenvalue weighted by Crippen LogP contribution is -2.15. The van der Waals surface area contributed by atoms with Crippen molar-refractivity contribution < 1.29 is 0 Å². The van der Waals surface area contributed by atoms with Gasteiger partial charge in [0.25, 0.3) is 0 Å². The first-order valence-corrected chi connectivity index (χ1v) is 15.7. The van der Waals surface area contributed by atoms with Crippen molar-refractivity contribution >= 4 is 34.1 Å². The Balaban J connectivity index is 1.66. The van der Waals surface area contributed by atoms with Crippen LogP contribution >= 0.6 is 0 Å². The third-order valence-corrected chi connectivity index (χ3v) is 8.33. The van der Waals surface area contributed by atoms with Gasteiger partial charge in [0, 0.05) is 45.0 Å². The van der Waals surface area contributed by atoms with Gasteiger partial charge in [-0.3, -0.25) is 0 Å².